The summed E-state index contributed by atoms with van der Waals surface area (Å²) in [6.45, 7) is 2.45. The number of carboxylic acid groups (broad SMARTS) is 1. The molecule has 5 nitrogen and oxygen atoms in total. The molecule has 1 heterocycles. The van der Waals surface area contributed by atoms with E-state index in [1.54, 1.807) is 12.1 Å². The van der Waals surface area contributed by atoms with Gasteiger partial charge in [0.25, 0.3) is 0 Å². The van der Waals surface area contributed by atoms with Gasteiger partial charge in [0, 0.05) is 5.39 Å². The molecule has 1 atom stereocenters. The van der Waals surface area contributed by atoms with E-state index >= 15 is 0 Å². The van der Waals surface area contributed by atoms with Gasteiger partial charge in [-0.2, -0.15) is 0 Å². The van der Waals surface area contributed by atoms with Gasteiger partial charge in [-0.15, -0.1) is 0 Å². The van der Waals surface area contributed by atoms with Crippen LogP contribution in [0.4, 0.5) is 0 Å². The first-order valence-corrected chi connectivity index (χ1v) is 12.0. The zero-order valence-electron chi connectivity index (χ0n) is 20.1. The topological polar surface area (TPSA) is 68.7 Å². The molecule has 1 N–H and O–H groups in total. The van der Waals surface area contributed by atoms with Crippen molar-refractivity contribution in [3.63, 3.8) is 0 Å². The molecule has 5 aromatic rings. The van der Waals surface area contributed by atoms with E-state index in [0.717, 1.165) is 57.3 Å². The monoisotopic (exact) mass is 477 g/mol. The molecular formula is C31H27NO4. The molecule has 0 aliphatic rings. The standard InChI is InChI=1S/C31H27NO4/c1-21(6-7-22-8-10-25(11-9-22)31(33)34)36-29-17-14-23-13-16-28(18-26(23)19-29)35-20-27-15-12-24-4-2-3-5-30(24)32-27/h2-5,8-19,21H,6-7,20H2,1H3,(H,33,34). The Morgan fingerprint density at radius 2 is 1.56 bits per heavy atom. The number of carboxylic acids is 1. The van der Waals surface area contributed by atoms with Gasteiger partial charge in [-0.3, -0.25) is 0 Å². The SMILES string of the molecule is CC(CCc1ccc(C(=O)O)cc1)Oc1ccc2ccc(OCc3ccc4ccccc4n3)cc2c1. The quantitative estimate of drug-likeness (QED) is 0.246. The van der Waals surface area contributed by atoms with Crippen molar-refractivity contribution < 1.29 is 19.4 Å². The largest absolute Gasteiger partial charge is 0.491 e. The number of para-hydroxylation sites is 1. The van der Waals surface area contributed by atoms with Crippen LogP contribution in [-0.2, 0) is 13.0 Å². The number of aromatic nitrogens is 1. The zero-order valence-corrected chi connectivity index (χ0v) is 20.1. The highest BCUT2D eigenvalue weighted by Gasteiger charge is 2.08. The Hall–Kier alpha value is -4.38. The summed E-state index contributed by atoms with van der Waals surface area (Å²) in [5, 5.41) is 12.3. The lowest BCUT2D eigenvalue weighted by atomic mass is 10.1. The van der Waals surface area contributed by atoms with Crippen molar-refractivity contribution in [3.8, 4) is 11.5 Å². The Balaban J connectivity index is 1.20. The molecule has 180 valence electrons. The number of ether oxygens (including phenoxy) is 2. The molecule has 0 bridgehead atoms. The molecule has 0 aliphatic carbocycles. The second-order valence-electron chi connectivity index (χ2n) is 8.92. The van der Waals surface area contributed by atoms with E-state index in [-0.39, 0.29) is 6.10 Å². The highest BCUT2D eigenvalue weighted by Crippen LogP contribution is 2.27. The van der Waals surface area contributed by atoms with Crippen LogP contribution in [0.5, 0.6) is 11.5 Å². The van der Waals surface area contributed by atoms with Crippen LogP contribution < -0.4 is 9.47 Å². The maximum atomic E-state index is 11.0. The van der Waals surface area contributed by atoms with Gasteiger partial charge < -0.3 is 14.6 Å². The summed E-state index contributed by atoms with van der Waals surface area (Å²) in [4.78, 5) is 15.7. The fourth-order valence-electron chi connectivity index (χ4n) is 4.19. The van der Waals surface area contributed by atoms with Crippen molar-refractivity contribution in [2.75, 3.05) is 0 Å². The summed E-state index contributed by atoms with van der Waals surface area (Å²) in [7, 11) is 0. The minimum absolute atomic E-state index is 0.0139. The smallest absolute Gasteiger partial charge is 0.335 e. The average molecular weight is 478 g/mol. The molecule has 0 fully saturated rings. The number of aryl methyl sites for hydroxylation is 1. The molecule has 0 saturated heterocycles. The molecule has 0 aliphatic heterocycles. The molecule has 0 saturated carbocycles. The molecule has 0 radical (unpaired) electrons. The molecule has 1 unspecified atom stereocenters. The maximum Gasteiger partial charge on any atom is 0.335 e. The van der Waals surface area contributed by atoms with Crippen LogP contribution >= 0.6 is 0 Å². The van der Waals surface area contributed by atoms with Gasteiger partial charge >= 0.3 is 5.97 Å². The summed E-state index contributed by atoms with van der Waals surface area (Å²) in [6, 6.07) is 31.2. The van der Waals surface area contributed by atoms with Crippen LogP contribution in [0.15, 0.2) is 97.1 Å². The van der Waals surface area contributed by atoms with Gasteiger partial charge in [0.1, 0.15) is 18.1 Å². The zero-order chi connectivity index (χ0) is 24.9. The maximum absolute atomic E-state index is 11.0. The molecule has 4 aromatic carbocycles. The second kappa shape index (κ2) is 10.5. The first-order chi connectivity index (χ1) is 17.5. The van der Waals surface area contributed by atoms with Crippen molar-refractivity contribution in [2.24, 2.45) is 0 Å². The first kappa shape index (κ1) is 23.4. The third-order valence-corrected chi connectivity index (χ3v) is 6.20. The van der Waals surface area contributed by atoms with Crippen molar-refractivity contribution in [1.29, 1.82) is 0 Å². The van der Waals surface area contributed by atoms with Gasteiger partial charge in [-0.05, 0) is 84.6 Å². The van der Waals surface area contributed by atoms with Gasteiger partial charge in [0.2, 0.25) is 0 Å². The number of rotatable bonds is 9. The fourth-order valence-corrected chi connectivity index (χ4v) is 4.19. The van der Waals surface area contributed by atoms with Crippen LogP contribution in [-0.4, -0.2) is 22.2 Å². The Morgan fingerprint density at radius 1 is 0.833 bits per heavy atom. The van der Waals surface area contributed by atoms with Gasteiger partial charge in [-0.1, -0.05) is 48.5 Å². The van der Waals surface area contributed by atoms with Crippen molar-refractivity contribution >= 4 is 27.6 Å². The Kier molecular flexibility index (Phi) is 6.80. The number of fused-ring (bicyclic) bond motifs is 2. The lowest BCUT2D eigenvalue weighted by molar-refractivity contribution is 0.0697. The van der Waals surface area contributed by atoms with Crippen molar-refractivity contribution in [2.45, 2.75) is 32.5 Å². The number of benzene rings is 4. The van der Waals surface area contributed by atoms with E-state index in [1.165, 1.54) is 0 Å². The van der Waals surface area contributed by atoms with E-state index in [4.69, 9.17) is 14.6 Å². The molecule has 5 rings (SSSR count). The van der Waals surface area contributed by atoms with Gasteiger partial charge in [0.05, 0.1) is 22.9 Å². The summed E-state index contributed by atoms with van der Waals surface area (Å²) in [6.07, 6.45) is 1.65. The molecule has 0 spiro atoms. The third-order valence-electron chi connectivity index (χ3n) is 6.20. The average Bonchev–Trinajstić information content (AvgIpc) is 2.90. The summed E-state index contributed by atoms with van der Waals surface area (Å²) in [5.74, 6) is 0.686. The third kappa shape index (κ3) is 5.63. The number of carbonyl (C=O) groups is 1. The van der Waals surface area contributed by atoms with E-state index in [9.17, 15) is 4.79 Å². The lowest BCUT2D eigenvalue weighted by Gasteiger charge is -2.15. The Labute approximate surface area is 210 Å². The first-order valence-electron chi connectivity index (χ1n) is 12.0. The van der Waals surface area contributed by atoms with Crippen LogP contribution in [0.25, 0.3) is 21.7 Å². The van der Waals surface area contributed by atoms with E-state index < -0.39 is 5.97 Å². The normalized spacial score (nSPS) is 11.9. The molecule has 0 amide bonds. The second-order valence-corrected chi connectivity index (χ2v) is 8.92. The Morgan fingerprint density at radius 3 is 2.36 bits per heavy atom. The number of pyridine rings is 1. The molecule has 5 heteroatoms. The predicted molar refractivity (Wildman–Crippen MR) is 142 cm³/mol. The summed E-state index contributed by atoms with van der Waals surface area (Å²) < 4.78 is 12.2. The van der Waals surface area contributed by atoms with Crippen molar-refractivity contribution in [1.82, 2.24) is 4.98 Å². The van der Waals surface area contributed by atoms with Crippen LogP contribution in [0.3, 0.4) is 0 Å². The van der Waals surface area contributed by atoms with E-state index in [0.29, 0.717) is 12.2 Å². The summed E-state index contributed by atoms with van der Waals surface area (Å²) in [5.41, 5.74) is 3.25. The fraction of sp³-hybridized carbons (Fsp3) is 0.161. The lowest BCUT2D eigenvalue weighted by Crippen LogP contribution is -2.12. The minimum atomic E-state index is -0.909. The van der Waals surface area contributed by atoms with Crippen LogP contribution in [0.2, 0.25) is 0 Å². The van der Waals surface area contributed by atoms with E-state index in [1.807, 2.05) is 73.7 Å². The summed E-state index contributed by atoms with van der Waals surface area (Å²) >= 11 is 0. The van der Waals surface area contributed by atoms with Gasteiger partial charge in [-0.25, -0.2) is 9.78 Å². The molecule has 1 aromatic heterocycles. The van der Waals surface area contributed by atoms with E-state index in [2.05, 4.69) is 23.2 Å². The van der Waals surface area contributed by atoms with Crippen LogP contribution in [0, 0.1) is 0 Å². The number of hydrogen-bond donors (Lipinski definition) is 1. The van der Waals surface area contributed by atoms with Gasteiger partial charge in [0.15, 0.2) is 0 Å². The van der Waals surface area contributed by atoms with Crippen LogP contribution in [0.1, 0.15) is 35.0 Å². The predicted octanol–water partition coefficient (Wildman–Crippen LogP) is 7.07. The Bertz CT molecular complexity index is 1510. The molecular weight excluding hydrogens is 450 g/mol. The highest BCUT2D eigenvalue weighted by molar-refractivity contribution is 5.87. The minimum Gasteiger partial charge on any atom is -0.491 e. The molecule has 36 heavy (non-hydrogen) atoms. The number of aromatic carboxylic acids is 1. The number of hydrogen-bond acceptors (Lipinski definition) is 4. The highest BCUT2D eigenvalue weighted by atomic mass is 16.5. The number of nitrogens with zero attached hydrogens (tertiary/aromatic N) is 1. The van der Waals surface area contributed by atoms with Crippen molar-refractivity contribution in [3.05, 3.63) is 114 Å².